The van der Waals surface area contributed by atoms with Crippen LogP contribution in [0.25, 0.3) is 5.69 Å². The maximum Gasteiger partial charge on any atom is 0.288 e. The lowest BCUT2D eigenvalue weighted by atomic mass is 10.0. The molecule has 5 rings (SSSR count). The van der Waals surface area contributed by atoms with Gasteiger partial charge in [-0.2, -0.15) is 0 Å². The van der Waals surface area contributed by atoms with Gasteiger partial charge in [0.1, 0.15) is 11.7 Å². The molecule has 1 aromatic carbocycles. The lowest BCUT2D eigenvalue weighted by Gasteiger charge is -2.27. The number of imide groups is 2. The zero-order valence-electron chi connectivity index (χ0n) is 16.8. The van der Waals surface area contributed by atoms with Gasteiger partial charge < -0.3 is 4.57 Å². The van der Waals surface area contributed by atoms with Crippen LogP contribution in [0, 0.1) is 0 Å². The van der Waals surface area contributed by atoms with Gasteiger partial charge in [-0.05, 0) is 18.6 Å². The molecule has 166 valence electrons. The minimum atomic E-state index is -1.07. The van der Waals surface area contributed by atoms with Crippen molar-refractivity contribution in [2.24, 2.45) is 0 Å². The second-order valence-electron chi connectivity index (χ2n) is 7.45. The Morgan fingerprint density at radius 3 is 2.73 bits per heavy atom. The molecule has 12 nitrogen and oxygen atoms in total. The van der Waals surface area contributed by atoms with Gasteiger partial charge in [-0.15, -0.1) is 5.10 Å². The van der Waals surface area contributed by atoms with Crippen LogP contribution in [0.1, 0.15) is 39.3 Å². The van der Waals surface area contributed by atoms with Gasteiger partial charge in [0.25, 0.3) is 17.4 Å². The van der Waals surface area contributed by atoms with Gasteiger partial charge in [0.2, 0.25) is 11.8 Å². The number of rotatable bonds is 4. The van der Waals surface area contributed by atoms with E-state index in [1.807, 2.05) is 0 Å². The van der Waals surface area contributed by atoms with Crippen molar-refractivity contribution in [1.82, 2.24) is 34.8 Å². The molecule has 1 atom stereocenters. The molecule has 1 saturated heterocycles. The van der Waals surface area contributed by atoms with E-state index in [9.17, 15) is 24.0 Å². The van der Waals surface area contributed by atoms with Crippen LogP contribution in [-0.2, 0) is 16.1 Å². The molecule has 2 aromatic heterocycles. The molecular weight excluding hydrogens is 454 g/mol. The van der Waals surface area contributed by atoms with E-state index >= 15 is 0 Å². The van der Waals surface area contributed by atoms with Crippen molar-refractivity contribution < 1.29 is 19.2 Å². The smallest absolute Gasteiger partial charge is 0.288 e. The topological polar surface area (TPSA) is 149 Å². The summed E-state index contributed by atoms with van der Waals surface area (Å²) in [5.41, 5.74) is 0.398. The van der Waals surface area contributed by atoms with Crippen molar-refractivity contribution in [3.8, 4) is 5.69 Å². The van der Waals surface area contributed by atoms with Crippen molar-refractivity contribution in [3.05, 3.63) is 69.1 Å². The standard InChI is InChI=1S/C20H14ClN7O5/c21-16-20(33)26(7-6-22-16)8-10-9-27(25-24-10)12-3-1-2-11-15(12)19(32)28(18(11)31)13-4-5-14(29)23-17(13)30/h1-3,6-7,9,13H,4-5,8H2,(H,23,29,30). The summed E-state index contributed by atoms with van der Waals surface area (Å²) in [4.78, 5) is 66.6. The highest BCUT2D eigenvalue weighted by Gasteiger charge is 2.45. The van der Waals surface area contributed by atoms with Gasteiger partial charge in [0.05, 0.1) is 29.6 Å². The second kappa shape index (κ2) is 7.74. The molecule has 1 unspecified atom stereocenters. The van der Waals surface area contributed by atoms with E-state index in [4.69, 9.17) is 11.6 Å². The summed E-state index contributed by atoms with van der Waals surface area (Å²) in [5, 5.41) is 10.1. The monoisotopic (exact) mass is 467 g/mol. The SMILES string of the molecule is O=C1CCC(N2C(=O)c3cccc(-n4cc(Cn5ccnc(Cl)c5=O)nn4)c3C2=O)C(=O)N1. The Bertz CT molecular complexity index is 1410. The summed E-state index contributed by atoms with van der Waals surface area (Å²) in [6.45, 7) is 0.0609. The molecule has 0 radical (unpaired) electrons. The van der Waals surface area contributed by atoms with Crippen LogP contribution in [0.5, 0.6) is 0 Å². The van der Waals surface area contributed by atoms with Crippen molar-refractivity contribution in [3.63, 3.8) is 0 Å². The molecule has 3 aromatic rings. The average molecular weight is 468 g/mol. The minimum absolute atomic E-state index is 0.0293. The zero-order valence-corrected chi connectivity index (χ0v) is 17.5. The number of fused-ring (bicyclic) bond motifs is 1. The average Bonchev–Trinajstić information content (AvgIpc) is 3.35. The maximum atomic E-state index is 13.2. The quantitative estimate of drug-likeness (QED) is 0.524. The normalized spacial score (nSPS) is 18.0. The van der Waals surface area contributed by atoms with Crippen molar-refractivity contribution in [2.75, 3.05) is 0 Å². The predicted molar refractivity (Wildman–Crippen MR) is 111 cm³/mol. The number of hydrogen-bond donors (Lipinski definition) is 1. The van der Waals surface area contributed by atoms with Crippen LogP contribution in [0.4, 0.5) is 0 Å². The summed E-state index contributed by atoms with van der Waals surface area (Å²) in [5.74, 6) is -2.41. The lowest BCUT2D eigenvalue weighted by Crippen LogP contribution is -2.54. The second-order valence-corrected chi connectivity index (χ2v) is 7.81. The minimum Gasteiger partial charge on any atom is -0.305 e. The molecule has 33 heavy (non-hydrogen) atoms. The third kappa shape index (κ3) is 3.40. The molecule has 0 saturated carbocycles. The molecule has 4 heterocycles. The number of nitrogens with zero attached hydrogens (tertiary/aromatic N) is 6. The van der Waals surface area contributed by atoms with E-state index in [1.54, 1.807) is 12.1 Å². The summed E-state index contributed by atoms with van der Waals surface area (Å²) < 4.78 is 2.62. The fraction of sp³-hybridized carbons (Fsp3) is 0.200. The fourth-order valence-electron chi connectivity index (χ4n) is 3.90. The Morgan fingerprint density at radius 2 is 1.94 bits per heavy atom. The van der Waals surface area contributed by atoms with E-state index in [0.29, 0.717) is 11.4 Å². The van der Waals surface area contributed by atoms with Gasteiger partial charge in [-0.25, -0.2) is 9.67 Å². The first kappa shape index (κ1) is 20.7. The Morgan fingerprint density at radius 1 is 1.12 bits per heavy atom. The number of halogens is 1. The van der Waals surface area contributed by atoms with Crippen LogP contribution in [0.2, 0.25) is 5.15 Å². The molecule has 0 aliphatic carbocycles. The van der Waals surface area contributed by atoms with Crippen LogP contribution in [-0.4, -0.2) is 59.1 Å². The number of piperidine rings is 1. The molecule has 13 heteroatoms. The van der Waals surface area contributed by atoms with Crippen LogP contribution >= 0.6 is 11.6 Å². The Hall–Kier alpha value is -4.19. The summed E-state index contributed by atoms with van der Waals surface area (Å²) in [6.07, 6.45) is 4.44. The van der Waals surface area contributed by atoms with Crippen LogP contribution < -0.4 is 10.9 Å². The van der Waals surface area contributed by atoms with Crippen molar-refractivity contribution >= 4 is 35.2 Å². The molecule has 0 bridgehead atoms. The van der Waals surface area contributed by atoms with Gasteiger partial charge in [-0.3, -0.25) is 34.2 Å². The number of aromatic nitrogens is 5. The highest BCUT2D eigenvalue weighted by Crippen LogP contribution is 2.31. The molecule has 2 aliphatic heterocycles. The van der Waals surface area contributed by atoms with Crippen LogP contribution in [0.3, 0.4) is 0 Å². The number of carbonyl (C=O) groups excluding carboxylic acids is 4. The van der Waals surface area contributed by atoms with Gasteiger partial charge >= 0.3 is 0 Å². The lowest BCUT2D eigenvalue weighted by molar-refractivity contribution is -0.136. The first-order valence-electron chi connectivity index (χ1n) is 9.82. The van der Waals surface area contributed by atoms with Crippen molar-refractivity contribution in [2.45, 2.75) is 25.4 Å². The highest BCUT2D eigenvalue weighted by molar-refractivity contribution is 6.29. The summed E-state index contributed by atoms with van der Waals surface area (Å²) >= 11 is 5.76. The Labute approximate surface area is 189 Å². The maximum absolute atomic E-state index is 13.2. The number of benzene rings is 1. The summed E-state index contributed by atoms with van der Waals surface area (Å²) in [7, 11) is 0. The predicted octanol–water partition coefficient (Wildman–Crippen LogP) is -0.0731. The van der Waals surface area contributed by atoms with E-state index in [2.05, 4.69) is 20.6 Å². The van der Waals surface area contributed by atoms with E-state index in [0.717, 1.165) is 4.90 Å². The van der Waals surface area contributed by atoms with Crippen molar-refractivity contribution in [1.29, 1.82) is 0 Å². The number of carbonyl (C=O) groups is 4. The van der Waals surface area contributed by atoms with Gasteiger partial charge in [0.15, 0.2) is 5.15 Å². The van der Waals surface area contributed by atoms with E-state index in [-0.39, 0.29) is 35.7 Å². The number of amides is 4. The summed E-state index contributed by atoms with van der Waals surface area (Å²) in [6, 6.07) is 3.59. The third-order valence-corrected chi connectivity index (χ3v) is 5.70. The van der Waals surface area contributed by atoms with E-state index < -0.39 is 35.2 Å². The highest BCUT2D eigenvalue weighted by atomic mass is 35.5. The third-order valence-electron chi connectivity index (χ3n) is 5.44. The molecule has 1 fully saturated rings. The zero-order chi connectivity index (χ0) is 23.3. The van der Waals surface area contributed by atoms with Gasteiger partial charge in [-0.1, -0.05) is 22.9 Å². The largest absolute Gasteiger partial charge is 0.305 e. The fourth-order valence-corrected chi connectivity index (χ4v) is 4.06. The van der Waals surface area contributed by atoms with Gasteiger partial charge in [0, 0.05) is 18.8 Å². The van der Waals surface area contributed by atoms with Crippen LogP contribution in [0.15, 0.2) is 41.6 Å². The first-order chi connectivity index (χ1) is 15.8. The molecule has 4 amide bonds. The Kier molecular flexibility index (Phi) is 4.86. The molecule has 2 aliphatic rings. The molecule has 0 spiro atoms. The first-order valence-corrected chi connectivity index (χ1v) is 10.2. The number of nitrogens with one attached hydrogen (secondary N) is 1. The molecular formula is C20H14ClN7O5. The molecule has 1 N–H and O–H groups in total. The number of hydrogen-bond acceptors (Lipinski definition) is 8. The van der Waals surface area contributed by atoms with E-state index in [1.165, 1.54) is 33.9 Å². The Balaban J connectivity index is 1.48.